The number of nitrogens with zero attached hydrogens (tertiary/aromatic N) is 2. The number of hydrogen-bond acceptors (Lipinski definition) is 3. The second-order valence-electron chi connectivity index (χ2n) is 14.4. The topological polar surface area (TPSA) is 38.9 Å². The van der Waals surface area contributed by atoms with Gasteiger partial charge in [0, 0.05) is 33.1 Å². The third-order valence-electron chi connectivity index (χ3n) is 9.36. The maximum atomic E-state index is 8.28. The number of pyridine rings is 2. The van der Waals surface area contributed by atoms with E-state index in [4.69, 9.17) is 9.90 Å². The molecule has 0 unspecified atom stereocenters. The van der Waals surface area contributed by atoms with Crippen molar-refractivity contribution in [2.75, 3.05) is 0 Å². The summed E-state index contributed by atoms with van der Waals surface area (Å²) in [6.45, 7) is 3.71. The van der Waals surface area contributed by atoms with Gasteiger partial charge in [-0.2, -0.15) is 0 Å². The summed E-state index contributed by atoms with van der Waals surface area (Å²) < 4.78 is 39.4. The van der Waals surface area contributed by atoms with E-state index in [2.05, 4.69) is 88.8 Å². The first kappa shape index (κ1) is 33.0. The van der Waals surface area contributed by atoms with Gasteiger partial charge in [-0.05, 0) is 34.8 Å². The first-order valence-electron chi connectivity index (χ1n) is 19.6. The Morgan fingerprint density at radius 3 is 2.04 bits per heavy atom. The van der Waals surface area contributed by atoms with E-state index in [9.17, 15) is 0 Å². The number of hydrogen-bond donors (Lipinski definition) is 0. The van der Waals surface area contributed by atoms with E-state index in [0.29, 0.717) is 11.1 Å². The minimum atomic E-state index is -2.19. The van der Waals surface area contributed by atoms with Crippen molar-refractivity contribution in [1.82, 2.24) is 9.97 Å². The number of rotatable bonds is 6. The molecule has 8 aromatic rings. The molecule has 0 bridgehead atoms. The van der Waals surface area contributed by atoms with Gasteiger partial charge >= 0.3 is 152 Å². The molecule has 0 aliphatic carbocycles. The van der Waals surface area contributed by atoms with E-state index >= 15 is 0 Å². The molecule has 267 valence electrons. The SMILES string of the molecule is [2H]C(C)(C)c1ccnc(-c2[c-]cc3oc4cc(-c5ccccc5)ccc4c3c2)c1.[2H]C([2H])([2H])c1c[c-]c(-c2cc(C)[c]([Ge]([CH3])([CH3])[CH3])cn2)cc1-c1ccccc1.[Ir]. The second-order valence-corrected chi connectivity index (χ2v) is 25.0. The zero-order valence-corrected chi connectivity index (χ0v) is 35.3. The Kier molecular flexibility index (Phi) is 10.1. The molecule has 0 saturated heterocycles. The van der Waals surface area contributed by atoms with Crippen molar-refractivity contribution < 1.29 is 30.0 Å². The quantitative estimate of drug-likeness (QED) is 0.123. The predicted molar refractivity (Wildman–Crippen MR) is 222 cm³/mol. The average molecular weight is 934 g/mol. The van der Waals surface area contributed by atoms with Crippen molar-refractivity contribution in [1.29, 1.82) is 0 Å². The van der Waals surface area contributed by atoms with Crippen molar-refractivity contribution in [2.45, 2.75) is 50.8 Å². The van der Waals surface area contributed by atoms with Gasteiger partial charge < -0.3 is 9.40 Å². The summed E-state index contributed by atoms with van der Waals surface area (Å²) in [5, 5.41) is 2.12. The Morgan fingerprint density at radius 1 is 0.679 bits per heavy atom. The number of benzene rings is 5. The Bertz CT molecular complexity index is 2660. The average Bonchev–Trinajstić information content (AvgIpc) is 3.55. The fraction of sp³-hybridized carbons (Fsp3) is 0.167. The number of furan rings is 1. The Hall–Kier alpha value is -4.61. The van der Waals surface area contributed by atoms with E-state index in [1.807, 2.05) is 92.8 Å². The van der Waals surface area contributed by atoms with Crippen LogP contribution in [0.2, 0.25) is 17.3 Å². The van der Waals surface area contributed by atoms with E-state index in [-0.39, 0.29) is 20.1 Å². The summed E-state index contributed by atoms with van der Waals surface area (Å²) in [4.78, 5) is 9.18. The van der Waals surface area contributed by atoms with Crippen LogP contribution in [0.5, 0.6) is 0 Å². The van der Waals surface area contributed by atoms with Gasteiger partial charge in [-0.25, -0.2) is 0 Å². The summed E-state index contributed by atoms with van der Waals surface area (Å²) in [6, 6.07) is 46.1. The normalized spacial score (nSPS) is 12.9. The summed E-state index contributed by atoms with van der Waals surface area (Å²) in [6.07, 6.45) is 3.76. The molecule has 0 aliphatic rings. The molecular weight excluding hydrogens is 885 g/mol. The molecule has 3 heterocycles. The predicted octanol–water partition coefficient (Wildman–Crippen LogP) is 12.6. The molecule has 0 aliphatic heterocycles. The third kappa shape index (κ3) is 8.47. The van der Waals surface area contributed by atoms with E-state index in [0.717, 1.165) is 61.1 Å². The van der Waals surface area contributed by atoms with Crippen LogP contribution in [0, 0.1) is 25.9 Å². The third-order valence-corrected chi connectivity index (χ3v) is 13.8. The largest absolute Gasteiger partial charge is 0 e. The molecular formula is C48H44GeIrN2O-2. The fourth-order valence-electron chi connectivity index (χ4n) is 6.55. The van der Waals surface area contributed by atoms with Crippen molar-refractivity contribution >= 4 is 39.6 Å². The molecule has 0 N–H and O–H groups in total. The zero-order chi connectivity index (χ0) is 39.8. The molecule has 3 nitrogen and oxygen atoms in total. The minimum Gasteiger partial charge on any atom is 0 e. The number of aromatic nitrogens is 2. The van der Waals surface area contributed by atoms with Gasteiger partial charge in [-0.15, -0.1) is 23.8 Å². The molecule has 3 aromatic heterocycles. The molecule has 0 atom stereocenters. The Morgan fingerprint density at radius 2 is 1.36 bits per heavy atom. The monoisotopic (exact) mass is 935 g/mol. The van der Waals surface area contributed by atoms with Gasteiger partial charge in [-0.1, -0.05) is 73.3 Å². The van der Waals surface area contributed by atoms with Gasteiger partial charge in [0.1, 0.15) is 5.58 Å². The summed E-state index contributed by atoms with van der Waals surface area (Å²) in [5.41, 5.74) is 11.4. The number of fused-ring (bicyclic) bond motifs is 3. The van der Waals surface area contributed by atoms with Gasteiger partial charge in [0.05, 0.1) is 5.58 Å². The molecule has 0 amide bonds. The van der Waals surface area contributed by atoms with Gasteiger partial charge in [-0.3, -0.25) is 0 Å². The molecule has 0 fully saturated rings. The van der Waals surface area contributed by atoms with E-state index in [1.54, 1.807) is 12.3 Å². The molecule has 0 spiro atoms. The van der Waals surface area contributed by atoms with Crippen LogP contribution in [-0.4, -0.2) is 23.2 Å². The number of aryl methyl sites for hydroxylation is 2. The van der Waals surface area contributed by atoms with E-state index in [1.165, 1.54) is 15.5 Å². The van der Waals surface area contributed by atoms with Crippen molar-refractivity contribution in [3.05, 3.63) is 163 Å². The molecule has 1 radical (unpaired) electrons. The Labute approximate surface area is 335 Å². The fourth-order valence-corrected chi connectivity index (χ4v) is 10.1. The van der Waals surface area contributed by atoms with Crippen LogP contribution < -0.4 is 4.40 Å². The van der Waals surface area contributed by atoms with Gasteiger partial charge in [0.15, 0.2) is 0 Å². The van der Waals surface area contributed by atoms with Gasteiger partial charge in [0.25, 0.3) is 0 Å². The minimum absolute atomic E-state index is 0. The first-order valence-corrected chi connectivity index (χ1v) is 24.9. The first-order chi connectivity index (χ1) is 26.6. The summed E-state index contributed by atoms with van der Waals surface area (Å²) in [7, 11) is 0. The van der Waals surface area contributed by atoms with Crippen molar-refractivity contribution in [3.8, 4) is 44.8 Å². The second kappa shape index (κ2) is 16.2. The van der Waals surface area contributed by atoms with Crippen LogP contribution in [0.25, 0.3) is 66.7 Å². The van der Waals surface area contributed by atoms with Gasteiger partial charge in [0.2, 0.25) is 0 Å². The van der Waals surface area contributed by atoms with Crippen LogP contribution in [0.15, 0.2) is 138 Å². The van der Waals surface area contributed by atoms with Crippen molar-refractivity contribution in [2.24, 2.45) is 0 Å². The molecule has 53 heavy (non-hydrogen) atoms. The summed E-state index contributed by atoms with van der Waals surface area (Å²) in [5.74, 6) is 6.40. The van der Waals surface area contributed by atoms with Crippen molar-refractivity contribution in [3.63, 3.8) is 0 Å². The van der Waals surface area contributed by atoms with Crippen LogP contribution >= 0.6 is 0 Å². The van der Waals surface area contributed by atoms with Crippen LogP contribution in [0.1, 0.15) is 41.9 Å². The molecule has 5 aromatic carbocycles. The molecule has 5 heteroatoms. The zero-order valence-electron chi connectivity index (χ0n) is 34.8. The standard InChI is InChI=1S/C26H20NO.C22H24GeN.Ir/c1-17(2)19-12-13-27-24(15-19)21-9-11-25-23(14-21)22-10-8-20(16-26(22)28-25)18-6-4-3-5-7-18;1-16-11-12-19(14-20(16)18-9-7-6-8-10-18)22-13-17(2)21(15-24-22)23(3,4)5;/h3-8,10-17H,1-2H3;6-11,13-15H,1-5H3;/q2*-1;/i17D;1D3;. The van der Waals surface area contributed by atoms with E-state index < -0.39 is 26.0 Å². The molecule has 8 rings (SSSR count). The smallest absolute Gasteiger partial charge is 0 e. The maximum absolute atomic E-state index is 8.28. The van der Waals surface area contributed by atoms with Crippen LogP contribution in [0.3, 0.4) is 0 Å². The Balaban J connectivity index is 0.000000190. The maximum Gasteiger partial charge on any atom is 0 e. The van der Waals surface area contributed by atoms with Crippen LogP contribution in [-0.2, 0) is 20.1 Å². The van der Waals surface area contributed by atoms with Crippen LogP contribution in [0.4, 0.5) is 0 Å². The summed E-state index contributed by atoms with van der Waals surface area (Å²) >= 11 is -1.96. The molecule has 0 saturated carbocycles.